The third-order valence-corrected chi connectivity index (χ3v) is 13.7. The molecule has 0 spiro atoms. The number of allylic oxidation sites excluding steroid dienone is 2. The van der Waals surface area contributed by atoms with Crippen LogP contribution in [0.3, 0.4) is 0 Å². The van der Waals surface area contributed by atoms with E-state index in [1.165, 1.54) is 65.9 Å². The average Bonchev–Trinajstić information content (AvgIpc) is 3.51. The first-order valence-corrected chi connectivity index (χ1v) is 21.5. The summed E-state index contributed by atoms with van der Waals surface area (Å²) in [6.07, 6.45) is 7.99. The number of aromatic nitrogens is 1. The van der Waals surface area contributed by atoms with Crippen molar-refractivity contribution in [3.63, 3.8) is 0 Å². The zero-order valence-corrected chi connectivity index (χ0v) is 39.0. The van der Waals surface area contributed by atoms with Crippen molar-refractivity contribution in [3.05, 3.63) is 101 Å². The second-order valence-corrected chi connectivity index (χ2v) is 19.4. The van der Waals surface area contributed by atoms with Gasteiger partial charge in [-0.05, 0) is 102 Å². The van der Waals surface area contributed by atoms with E-state index in [-0.39, 0.29) is 54.0 Å². The van der Waals surface area contributed by atoms with Gasteiger partial charge in [0.2, 0.25) is 0 Å². The van der Waals surface area contributed by atoms with E-state index in [0.29, 0.717) is 11.3 Å². The van der Waals surface area contributed by atoms with Gasteiger partial charge in [-0.1, -0.05) is 111 Å². The van der Waals surface area contributed by atoms with E-state index in [1.54, 1.807) is 6.92 Å². The molecule has 1 N–H and O–H groups in total. The van der Waals surface area contributed by atoms with E-state index in [9.17, 15) is 9.90 Å². The zero-order valence-electron chi connectivity index (χ0n) is 35.8. The number of carbonyl (C=O) groups is 1. The van der Waals surface area contributed by atoms with Gasteiger partial charge in [-0.2, -0.15) is 0 Å². The summed E-state index contributed by atoms with van der Waals surface area (Å²) in [5, 5.41) is 17.7. The van der Waals surface area contributed by atoms with Crippen LogP contribution in [0.1, 0.15) is 138 Å². The summed E-state index contributed by atoms with van der Waals surface area (Å²) >= 11 is 1.92. The SMILES string of the molecule is CC(C)(C)c1cc(-c2cc3cc4c(cc3cn2)sc2cc3c(cc24)C(C)(C)CCC3(C)C)[c-]c2ccccc12.CCC(CC)C(=O)/C(C)=C(\O)C(CC)CC.[Ir]. The van der Waals surface area contributed by atoms with Crippen LogP contribution in [-0.4, -0.2) is 15.9 Å². The fraction of sp³-hybridized carbons (Fsp3) is 0.451. The normalized spacial score (nSPS) is 15.5. The van der Waals surface area contributed by atoms with Gasteiger partial charge < -0.3 is 5.11 Å². The van der Waals surface area contributed by atoms with Crippen LogP contribution in [0.15, 0.2) is 78.2 Å². The quantitative estimate of drug-likeness (QED) is 0.0940. The van der Waals surface area contributed by atoms with Crippen molar-refractivity contribution in [2.24, 2.45) is 11.8 Å². The number of aliphatic hydroxyl groups excluding tert-OH is 1. The van der Waals surface area contributed by atoms with Crippen LogP contribution in [0.4, 0.5) is 0 Å². The molecule has 0 aliphatic heterocycles. The van der Waals surface area contributed by atoms with E-state index in [0.717, 1.165) is 42.3 Å². The first-order chi connectivity index (χ1) is 25.9. The number of fused-ring (bicyclic) bond motifs is 6. The van der Waals surface area contributed by atoms with E-state index in [2.05, 4.69) is 115 Å². The number of hydrogen-bond donors (Lipinski definition) is 1. The Hall–Kier alpha value is -3.37. The number of rotatable bonds is 8. The maximum atomic E-state index is 12.1. The van der Waals surface area contributed by atoms with Crippen LogP contribution in [0.25, 0.3) is 53.0 Å². The number of thiophene rings is 1. The number of pyridine rings is 1. The molecule has 1 radical (unpaired) electrons. The summed E-state index contributed by atoms with van der Waals surface area (Å²) in [6, 6.07) is 26.6. The predicted molar refractivity (Wildman–Crippen MR) is 239 cm³/mol. The standard InChI is InChI=1S/C37H36NS.C14H26O2.Ir/c1-35(2,3)29-16-24(14-22-10-8-9-11-26(22)29)32-17-23-15-27-28-19-30-31(37(6,7)13-12-36(30,4)5)20-34(28)39-33(27)18-25(23)21-38-32;1-6-11(7-2)13(15)10(5)14(16)12(8-3)9-4;/h8-11,15-21H,12-13H2,1-7H3;11-12,15H,6-9H2,1-5H3;/q-1;;/b;13-10-;. The van der Waals surface area contributed by atoms with Gasteiger partial charge in [0.15, 0.2) is 5.78 Å². The van der Waals surface area contributed by atoms with E-state index < -0.39 is 0 Å². The molecule has 0 atom stereocenters. The van der Waals surface area contributed by atoms with Gasteiger partial charge in [0.05, 0.1) is 0 Å². The minimum Gasteiger partial charge on any atom is -0.512 e. The fourth-order valence-corrected chi connectivity index (χ4v) is 9.84. The minimum absolute atomic E-state index is 0. The number of benzene rings is 4. The van der Waals surface area contributed by atoms with Crippen LogP contribution in [0.2, 0.25) is 0 Å². The van der Waals surface area contributed by atoms with Crippen molar-refractivity contribution < 1.29 is 30.0 Å². The number of Topliss-reactive ketones (excluding diaryl/α,β-unsaturated/α-hetero) is 1. The molecule has 6 aromatic rings. The monoisotopic (exact) mass is 945 g/mol. The Kier molecular flexibility index (Phi) is 13.2. The van der Waals surface area contributed by atoms with Gasteiger partial charge in [-0.3, -0.25) is 9.78 Å². The third-order valence-electron chi connectivity index (χ3n) is 12.6. The molecule has 4 aromatic carbocycles. The summed E-state index contributed by atoms with van der Waals surface area (Å²) in [5.74, 6) is 0.631. The molecule has 2 aromatic heterocycles. The first-order valence-electron chi connectivity index (χ1n) is 20.6. The minimum atomic E-state index is 0. The van der Waals surface area contributed by atoms with E-state index in [4.69, 9.17) is 4.98 Å². The largest absolute Gasteiger partial charge is 0.512 e. The van der Waals surface area contributed by atoms with Gasteiger partial charge in [0.1, 0.15) is 5.76 Å². The van der Waals surface area contributed by atoms with Crippen LogP contribution < -0.4 is 0 Å². The smallest absolute Gasteiger partial charge is 0.164 e. The van der Waals surface area contributed by atoms with Crippen molar-refractivity contribution in [3.8, 4) is 11.3 Å². The molecule has 299 valence electrons. The number of nitrogens with zero attached hydrogens (tertiary/aromatic N) is 1. The molecule has 56 heavy (non-hydrogen) atoms. The van der Waals surface area contributed by atoms with Crippen LogP contribution in [-0.2, 0) is 41.1 Å². The molecule has 0 fully saturated rings. The molecule has 3 nitrogen and oxygen atoms in total. The Morgan fingerprint density at radius 2 is 1.36 bits per heavy atom. The summed E-state index contributed by atoms with van der Waals surface area (Å²) in [5.41, 5.74) is 7.48. The average molecular weight is 945 g/mol. The number of aliphatic hydroxyl groups is 1. The van der Waals surface area contributed by atoms with Gasteiger partial charge in [0.25, 0.3) is 0 Å². The Bertz CT molecular complexity index is 2420. The molecule has 7 rings (SSSR count). The maximum Gasteiger partial charge on any atom is 0.164 e. The molecule has 0 saturated heterocycles. The number of carbonyl (C=O) groups excluding carboxylic acids is 1. The molecular weight excluding hydrogens is 883 g/mol. The van der Waals surface area contributed by atoms with Gasteiger partial charge in [0, 0.05) is 75.0 Å². The van der Waals surface area contributed by atoms with Crippen molar-refractivity contribution in [2.45, 2.75) is 138 Å². The number of hydrogen-bond acceptors (Lipinski definition) is 4. The van der Waals surface area contributed by atoms with Crippen LogP contribution in [0.5, 0.6) is 0 Å². The first kappa shape index (κ1) is 43.7. The summed E-state index contributed by atoms with van der Waals surface area (Å²) in [7, 11) is 0. The van der Waals surface area contributed by atoms with Crippen LogP contribution >= 0.6 is 11.3 Å². The van der Waals surface area contributed by atoms with Crippen molar-refractivity contribution in [1.29, 1.82) is 0 Å². The molecule has 0 bridgehead atoms. The van der Waals surface area contributed by atoms with Crippen LogP contribution in [0, 0.1) is 17.9 Å². The fourth-order valence-electron chi connectivity index (χ4n) is 8.68. The second-order valence-electron chi connectivity index (χ2n) is 18.3. The van der Waals surface area contributed by atoms with Gasteiger partial charge >= 0.3 is 0 Å². The molecule has 0 unspecified atom stereocenters. The molecule has 0 amide bonds. The third kappa shape index (κ3) is 8.43. The Morgan fingerprint density at radius 1 is 0.786 bits per heavy atom. The Labute approximate surface area is 353 Å². The van der Waals surface area contributed by atoms with Crippen molar-refractivity contribution >= 4 is 58.8 Å². The summed E-state index contributed by atoms with van der Waals surface area (Å²) in [6.45, 7) is 26.4. The van der Waals surface area contributed by atoms with Crippen molar-refractivity contribution in [2.75, 3.05) is 0 Å². The number of ketones is 1. The molecule has 1 aliphatic rings. The zero-order chi connectivity index (χ0) is 40.0. The summed E-state index contributed by atoms with van der Waals surface area (Å²) < 4.78 is 2.74. The van der Waals surface area contributed by atoms with E-state index >= 15 is 0 Å². The molecule has 0 saturated carbocycles. The van der Waals surface area contributed by atoms with Gasteiger partial charge in [-0.15, -0.1) is 40.5 Å². The topological polar surface area (TPSA) is 50.2 Å². The molecule has 5 heteroatoms. The molecule has 1 aliphatic carbocycles. The second kappa shape index (κ2) is 16.8. The summed E-state index contributed by atoms with van der Waals surface area (Å²) in [4.78, 5) is 17.0. The molecular formula is C51H62IrNO2S-. The van der Waals surface area contributed by atoms with Crippen molar-refractivity contribution in [1.82, 2.24) is 4.98 Å². The maximum absolute atomic E-state index is 12.1. The molecule has 2 heterocycles. The Balaban J connectivity index is 0.000000302. The Morgan fingerprint density at radius 3 is 1.96 bits per heavy atom. The van der Waals surface area contributed by atoms with E-state index in [1.807, 2.05) is 45.2 Å². The predicted octanol–water partition coefficient (Wildman–Crippen LogP) is 15.1. The van der Waals surface area contributed by atoms with Gasteiger partial charge in [-0.25, -0.2) is 0 Å².